The van der Waals surface area contributed by atoms with Crippen LogP contribution in [0.4, 0.5) is 11.4 Å². The molecule has 0 spiro atoms. The van der Waals surface area contributed by atoms with Crippen LogP contribution >= 0.6 is 11.3 Å². The molecule has 2 N–H and O–H groups in total. The Morgan fingerprint density at radius 3 is 2.96 bits per heavy atom. The maximum atomic E-state index is 6.10. The lowest BCUT2D eigenvalue weighted by atomic mass is 10.1. The number of likely N-dealkylation sites (tertiary alicyclic amines) is 1. The average molecular weight is 326 g/mol. The maximum Gasteiger partial charge on any atom is 0.141 e. The molecule has 1 fully saturated rings. The number of rotatable bonds is 3. The molecule has 2 aliphatic rings. The molecule has 1 aromatic heterocycles. The highest BCUT2D eigenvalue weighted by atomic mass is 32.1. The van der Waals surface area contributed by atoms with Crippen molar-refractivity contribution in [2.75, 3.05) is 31.6 Å². The molecule has 0 radical (unpaired) electrons. The van der Waals surface area contributed by atoms with E-state index in [2.05, 4.69) is 40.0 Å². The highest BCUT2D eigenvalue weighted by molar-refractivity contribution is 7.12. The van der Waals surface area contributed by atoms with Crippen molar-refractivity contribution in [2.45, 2.75) is 18.9 Å². The Morgan fingerprint density at radius 2 is 2.22 bits per heavy atom. The molecule has 0 bridgehead atoms. The van der Waals surface area contributed by atoms with Crippen LogP contribution in [0.25, 0.3) is 0 Å². The van der Waals surface area contributed by atoms with Crippen molar-refractivity contribution in [3.05, 3.63) is 46.2 Å². The first-order valence-corrected chi connectivity index (χ1v) is 9.05. The van der Waals surface area contributed by atoms with Crippen LogP contribution in [-0.4, -0.2) is 43.5 Å². The van der Waals surface area contributed by atoms with Crippen molar-refractivity contribution in [1.82, 2.24) is 4.90 Å². The monoisotopic (exact) mass is 326 g/mol. The third-order valence-corrected chi connectivity index (χ3v) is 5.72. The van der Waals surface area contributed by atoms with Crippen LogP contribution in [-0.2, 0) is 6.42 Å². The van der Waals surface area contributed by atoms with E-state index in [1.54, 1.807) is 11.3 Å². The summed E-state index contributed by atoms with van der Waals surface area (Å²) in [4.78, 5) is 10.6. The number of thiophene rings is 1. The van der Waals surface area contributed by atoms with Gasteiger partial charge >= 0.3 is 0 Å². The molecule has 0 aliphatic carbocycles. The number of amidine groups is 1. The summed E-state index contributed by atoms with van der Waals surface area (Å²) in [5, 5.41) is 2.02. The zero-order valence-electron chi connectivity index (χ0n) is 13.4. The lowest BCUT2D eigenvalue weighted by molar-refractivity contribution is 0.408. The maximum absolute atomic E-state index is 6.10. The Hall–Kier alpha value is -1.85. The molecule has 1 aromatic carbocycles. The topological polar surface area (TPSA) is 44.9 Å². The predicted octanol–water partition coefficient (Wildman–Crippen LogP) is 2.85. The van der Waals surface area contributed by atoms with Crippen LogP contribution in [0.5, 0.6) is 0 Å². The third kappa shape index (κ3) is 2.86. The van der Waals surface area contributed by atoms with Crippen LogP contribution in [0.3, 0.4) is 0 Å². The summed E-state index contributed by atoms with van der Waals surface area (Å²) in [5.41, 5.74) is 9.85. The van der Waals surface area contributed by atoms with Gasteiger partial charge in [0.15, 0.2) is 0 Å². The smallest absolute Gasteiger partial charge is 0.141 e. The summed E-state index contributed by atoms with van der Waals surface area (Å²) in [5.74, 6) is 0.604. The molecule has 0 saturated carbocycles. The van der Waals surface area contributed by atoms with Crippen molar-refractivity contribution in [2.24, 2.45) is 10.7 Å². The Morgan fingerprint density at radius 1 is 1.30 bits per heavy atom. The fourth-order valence-corrected chi connectivity index (χ4v) is 4.27. The Kier molecular flexibility index (Phi) is 3.83. The Labute approximate surface area is 141 Å². The van der Waals surface area contributed by atoms with Gasteiger partial charge in [0.1, 0.15) is 5.84 Å². The number of anilines is 1. The first-order chi connectivity index (χ1) is 11.2. The van der Waals surface area contributed by atoms with E-state index < -0.39 is 0 Å². The normalized spacial score (nSPS) is 21.9. The molecule has 0 amide bonds. The molecule has 1 unspecified atom stereocenters. The molecule has 4 nitrogen and oxygen atoms in total. The summed E-state index contributed by atoms with van der Waals surface area (Å²) < 4.78 is 0. The van der Waals surface area contributed by atoms with Gasteiger partial charge in [-0.15, -0.1) is 11.3 Å². The number of hydrogen-bond acceptors (Lipinski definition) is 4. The van der Waals surface area contributed by atoms with Crippen molar-refractivity contribution >= 4 is 28.5 Å². The van der Waals surface area contributed by atoms with Crippen LogP contribution in [0.15, 0.2) is 40.7 Å². The van der Waals surface area contributed by atoms with Gasteiger partial charge in [-0.05, 0) is 61.6 Å². The lowest BCUT2D eigenvalue weighted by Gasteiger charge is -2.26. The summed E-state index contributed by atoms with van der Waals surface area (Å²) in [7, 11) is 2.21. The van der Waals surface area contributed by atoms with Crippen molar-refractivity contribution in [3.63, 3.8) is 0 Å². The van der Waals surface area contributed by atoms with E-state index in [9.17, 15) is 0 Å². The minimum absolute atomic E-state index is 0.604. The van der Waals surface area contributed by atoms with E-state index >= 15 is 0 Å². The zero-order chi connectivity index (χ0) is 15.8. The molecule has 4 rings (SSSR count). The Balaban J connectivity index is 1.57. The molecule has 1 saturated heterocycles. The highest BCUT2D eigenvalue weighted by Gasteiger charge is 2.30. The minimum Gasteiger partial charge on any atom is -0.383 e. The van der Waals surface area contributed by atoms with Gasteiger partial charge in [-0.25, -0.2) is 4.99 Å². The van der Waals surface area contributed by atoms with Gasteiger partial charge in [-0.3, -0.25) is 0 Å². The van der Waals surface area contributed by atoms with Gasteiger partial charge in [-0.2, -0.15) is 0 Å². The van der Waals surface area contributed by atoms with E-state index in [-0.39, 0.29) is 0 Å². The molecular weight excluding hydrogens is 304 g/mol. The predicted molar refractivity (Wildman–Crippen MR) is 98.1 cm³/mol. The number of aliphatic imine (C=N–C) groups is 1. The highest BCUT2D eigenvalue weighted by Crippen LogP contribution is 2.34. The third-order valence-electron chi connectivity index (χ3n) is 4.82. The first-order valence-electron chi connectivity index (χ1n) is 8.17. The number of nitrogens with two attached hydrogens (primary N) is 1. The molecule has 120 valence electrons. The standard InChI is InChI=1S/C18H22N4S/c1-21-8-7-15(12-21)22-9-6-13-11-14(4-5-16(13)22)20-18(19)17-3-2-10-23-17/h2-5,10-11,15H,6-9,12H2,1H3,(H2,19,20). The number of likely N-dealkylation sites (N-methyl/N-ethyl adjacent to an activating group) is 1. The summed E-state index contributed by atoms with van der Waals surface area (Å²) in [6, 6.07) is 11.2. The van der Waals surface area contributed by atoms with E-state index in [1.165, 1.54) is 30.8 Å². The Bertz CT molecular complexity index is 723. The largest absolute Gasteiger partial charge is 0.383 e. The summed E-state index contributed by atoms with van der Waals surface area (Å²) in [6.45, 7) is 3.50. The fraction of sp³-hybridized carbons (Fsp3) is 0.389. The van der Waals surface area contributed by atoms with E-state index in [0.717, 1.165) is 23.5 Å². The summed E-state index contributed by atoms with van der Waals surface area (Å²) in [6.07, 6.45) is 2.37. The van der Waals surface area contributed by atoms with Gasteiger partial charge in [0.2, 0.25) is 0 Å². The molecule has 5 heteroatoms. The quantitative estimate of drug-likeness (QED) is 0.697. The van der Waals surface area contributed by atoms with Gasteiger partial charge in [0, 0.05) is 24.8 Å². The van der Waals surface area contributed by atoms with Crippen molar-refractivity contribution < 1.29 is 0 Å². The van der Waals surface area contributed by atoms with Gasteiger partial charge in [0.05, 0.1) is 10.6 Å². The van der Waals surface area contributed by atoms with Crippen LogP contribution < -0.4 is 10.6 Å². The van der Waals surface area contributed by atoms with Crippen LogP contribution in [0, 0.1) is 0 Å². The first kappa shape index (κ1) is 14.7. The second-order valence-electron chi connectivity index (χ2n) is 6.44. The number of benzene rings is 1. The second-order valence-corrected chi connectivity index (χ2v) is 7.38. The molecule has 2 aliphatic heterocycles. The average Bonchev–Trinajstić information content (AvgIpc) is 3.26. The second kappa shape index (κ2) is 5.98. The molecule has 2 aromatic rings. The van der Waals surface area contributed by atoms with E-state index in [0.29, 0.717) is 11.9 Å². The molecule has 3 heterocycles. The van der Waals surface area contributed by atoms with Crippen LogP contribution in [0.2, 0.25) is 0 Å². The molecular formula is C18H22N4S. The van der Waals surface area contributed by atoms with Crippen molar-refractivity contribution in [3.8, 4) is 0 Å². The number of fused-ring (bicyclic) bond motifs is 1. The SMILES string of the molecule is CN1CCC(N2CCc3cc(N=C(N)c4cccs4)ccc32)C1. The number of nitrogens with zero attached hydrogens (tertiary/aromatic N) is 3. The van der Waals surface area contributed by atoms with Gasteiger partial charge < -0.3 is 15.5 Å². The minimum atomic E-state index is 0.604. The van der Waals surface area contributed by atoms with Gasteiger partial charge in [-0.1, -0.05) is 6.07 Å². The number of hydrogen-bond donors (Lipinski definition) is 1. The molecule has 23 heavy (non-hydrogen) atoms. The van der Waals surface area contributed by atoms with Gasteiger partial charge in [0.25, 0.3) is 0 Å². The van der Waals surface area contributed by atoms with Crippen LogP contribution in [0.1, 0.15) is 16.9 Å². The fourth-order valence-electron chi connectivity index (χ4n) is 3.65. The zero-order valence-corrected chi connectivity index (χ0v) is 14.2. The summed E-state index contributed by atoms with van der Waals surface area (Å²) >= 11 is 1.62. The van der Waals surface area contributed by atoms with E-state index in [4.69, 9.17) is 5.73 Å². The lowest BCUT2D eigenvalue weighted by Crippen LogP contribution is -2.35. The van der Waals surface area contributed by atoms with E-state index in [1.807, 2.05) is 17.5 Å². The van der Waals surface area contributed by atoms with Crippen molar-refractivity contribution in [1.29, 1.82) is 0 Å². The molecule has 1 atom stereocenters.